The highest BCUT2D eigenvalue weighted by Gasteiger charge is 2.04. The number of carbonyl (C=O) groups excluding carboxylic acids is 1. The lowest BCUT2D eigenvalue weighted by Gasteiger charge is -2.08. The Morgan fingerprint density at radius 3 is 2.48 bits per heavy atom. The SMILES string of the molecule is CCC(C)CCCCCC(=O)OCc1ccc(OC)cc1. The van der Waals surface area contributed by atoms with Gasteiger partial charge < -0.3 is 9.47 Å². The van der Waals surface area contributed by atoms with Crippen molar-refractivity contribution < 1.29 is 14.3 Å². The van der Waals surface area contributed by atoms with Crippen molar-refractivity contribution in [1.29, 1.82) is 0 Å². The average Bonchev–Trinajstić information content (AvgIpc) is 2.52. The average molecular weight is 292 g/mol. The molecule has 0 spiro atoms. The van der Waals surface area contributed by atoms with E-state index in [4.69, 9.17) is 9.47 Å². The van der Waals surface area contributed by atoms with Crippen LogP contribution in [-0.4, -0.2) is 13.1 Å². The molecule has 0 bridgehead atoms. The van der Waals surface area contributed by atoms with Crippen molar-refractivity contribution in [2.45, 2.75) is 59.0 Å². The minimum atomic E-state index is -0.102. The number of benzene rings is 1. The van der Waals surface area contributed by atoms with Gasteiger partial charge in [-0.3, -0.25) is 4.79 Å². The summed E-state index contributed by atoms with van der Waals surface area (Å²) in [6.45, 7) is 4.85. The molecule has 1 aromatic carbocycles. The van der Waals surface area contributed by atoms with Crippen molar-refractivity contribution in [3.63, 3.8) is 0 Å². The van der Waals surface area contributed by atoms with Crippen LogP contribution in [0.3, 0.4) is 0 Å². The number of hydrogen-bond acceptors (Lipinski definition) is 3. The Kier molecular flexibility index (Phi) is 8.56. The number of carbonyl (C=O) groups is 1. The summed E-state index contributed by atoms with van der Waals surface area (Å²) in [4.78, 5) is 11.6. The predicted octanol–water partition coefficient (Wildman–Crippen LogP) is 4.74. The van der Waals surface area contributed by atoms with Crippen molar-refractivity contribution >= 4 is 5.97 Å². The Morgan fingerprint density at radius 2 is 1.86 bits per heavy atom. The monoisotopic (exact) mass is 292 g/mol. The lowest BCUT2D eigenvalue weighted by atomic mass is 10.0. The molecule has 0 saturated carbocycles. The van der Waals surface area contributed by atoms with Crippen molar-refractivity contribution in [2.24, 2.45) is 5.92 Å². The summed E-state index contributed by atoms with van der Waals surface area (Å²) in [6.07, 6.45) is 6.28. The van der Waals surface area contributed by atoms with E-state index >= 15 is 0 Å². The zero-order chi connectivity index (χ0) is 15.5. The molecule has 1 aromatic rings. The number of rotatable bonds is 10. The highest BCUT2D eigenvalue weighted by molar-refractivity contribution is 5.69. The summed E-state index contributed by atoms with van der Waals surface area (Å²) in [5.41, 5.74) is 0.987. The van der Waals surface area contributed by atoms with Gasteiger partial charge >= 0.3 is 5.97 Å². The first-order valence-electron chi connectivity index (χ1n) is 7.94. The van der Waals surface area contributed by atoms with Crippen LogP contribution in [0.15, 0.2) is 24.3 Å². The molecule has 0 aliphatic carbocycles. The van der Waals surface area contributed by atoms with Crippen LogP contribution >= 0.6 is 0 Å². The molecular weight excluding hydrogens is 264 g/mol. The van der Waals surface area contributed by atoms with Crippen LogP contribution in [0.2, 0.25) is 0 Å². The van der Waals surface area contributed by atoms with E-state index in [0.717, 1.165) is 30.1 Å². The van der Waals surface area contributed by atoms with E-state index in [1.54, 1.807) is 7.11 Å². The molecular formula is C18H28O3. The predicted molar refractivity (Wildman–Crippen MR) is 85.3 cm³/mol. The van der Waals surface area contributed by atoms with Crippen molar-refractivity contribution in [3.05, 3.63) is 29.8 Å². The zero-order valence-corrected chi connectivity index (χ0v) is 13.6. The van der Waals surface area contributed by atoms with E-state index in [1.165, 1.54) is 19.3 Å². The molecule has 1 atom stereocenters. The molecule has 0 heterocycles. The van der Waals surface area contributed by atoms with Crippen LogP contribution < -0.4 is 4.74 Å². The Balaban J connectivity index is 2.10. The summed E-state index contributed by atoms with van der Waals surface area (Å²) in [6, 6.07) is 7.58. The molecule has 0 fully saturated rings. The third-order valence-electron chi connectivity index (χ3n) is 3.83. The summed E-state index contributed by atoms with van der Waals surface area (Å²) >= 11 is 0. The standard InChI is InChI=1S/C18H28O3/c1-4-15(2)8-6-5-7-9-18(19)21-14-16-10-12-17(20-3)13-11-16/h10-13,15H,4-9,14H2,1-3H3. The fraction of sp³-hybridized carbons (Fsp3) is 0.611. The van der Waals surface area contributed by atoms with Gasteiger partial charge in [-0.15, -0.1) is 0 Å². The smallest absolute Gasteiger partial charge is 0.306 e. The Morgan fingerprint density at radius 1 is 1.14 bits per heavy atom. The Bertz CT molecular complexity index is 397. The third-order valence-corrected chi connectivity index (χ3v) is 3.83. The summed E-state index contributed by atoms with van der Waals surface area (Å²) in [5, 5.41) is 0. The first-order chi connectivity index (χ1) is 10.2. The quantitative estimate of drug-likeness (QED) is 0.462. The molecule has 118 valence electrons. The summed E-state index contributed by atoms with van der Waals surface area (Å²) < 4.78 is 10.4. The second-order valence-electron chi connectivity index (χ2n) is 5.62. The first kappa shape index (κ1) is 17.5. The van der Waals surface area contributed by atoms with Crippen molar-refractivity contribution in [2.75, 3.05) is 7.11 Å². The fourth-order valence-electron chi connectivity index (χ4n) is 2.10. The van der Waals surface area contributed by atoms with Crippen LogP contribution in [0, 0.1) is 5.92 Å². The van der Waals surface area contributed by atoms with Gasteiger partial charge in [-0.05, 0) is 30.0 Å². The number of ether oxygens (including phenoxy) is 2. The van der Waals surface area contributed by atoms with E-state index in [9.17, 15) is 4.79 Å². The summed E-state index contributed by atoms with van der Waals surface area (Å²) in [5.74, 6) is 1.51. The largest absolute Gasteiger partial charge is 0.497 e. The number of esters is 1. The topological polar surface area (TPSA) is 35.5 Å². The number of methoxy groups -OCH3 is 1. The van der Waals surface area contributed by atoms with Gasteiger partial charge in [0.05, 0.1) is 7.11 Å². The third kappa shape index (κ3) is 7.74. The molecule has 0 radical (unpaired) electrons. The van der Waals surface area contributed by atoms with Crippen molar-refractivity contribution in [1.82, 2.24) is 0 Å². The lowest BCUT2D eigenvalue weighted by molar-refractivity contribution is -0.145. The Hall–Kier alpha value is -1.51. The Labute approximate surface area is 128 Å². The minimum absolute atomic E-state index is 0.102. The van der Waals surface area contributed by atoms with E-state index in [1.807, 2.05) is 24.3 Å². The molecule has 0 aromatic heterocycles. The van der Waals surface area contributed by atoms with Gasteiger partial charge in [0.2, 0.25) is 0 Å². The van der Waals surface area contributed by atoms with Crippen LogP contribution in [0.4, 0.5) is 0 Å². The van der Waals surface area contributed by atoms with E-state index in [-0.39, 0.29) is 5.97 Å². The van der Waals surface area contributed by atoms with Gasteiger partial charge in [-0.2, -0.15) is 0 Å². The fourth-order valence-corrected chi connectivity index (χ4v) is 2.10. The van der Waals surface area contributed by atoms with Gasteiger partial charge in [0.15, 0.2) is 0 Å². The molecule has 0 aliphatic heterocycles. The number of hydrogen-bond donors (Lipinski definition) is 0. The molecule has 1 rings (SSSR count). The molecule has 0 aliphatic rings. The molecule has 21 heavy (non-hydrogen) atoms. The molecule has 3 heteroatoms. The normalized spacial score (nSPS) is 12.0. The van der Waals surface area contributed by atoms with Gasteiger partial charge in [-0.25, -0.2) is 0 Å². The van der Waals surface area contributed by atoms with Crippen LogP contribution in [0.5, 0.6) is 5.75 Å². The molecule has 0 N–H and O–H groups in total. The maximum Gasteiger partial charge on any atom is 0.306 e. The van der Waals surface area contributed by atoms with E-state index in [2.05, 4.69) is 13.8 Å². The second-order valence-corrected chi connectivity index (χ2v) is 5.62. The highest BCUT2D eigenvalue weighted by Crippen LogP contribution is 2.14. The maximum absolute atomic E-state index is 11.6. The highest BCUT2D eigenvalue weighted by atomic mass is 16.5. The molecule has 1 unspecified atom stereocenters. The minimum Gasteiger partial charge on any atom is -0.497 e. The molecule has 0 amide bonds. The van der Waals surface area contributed by atoms with Crippen LogP contribution in [0.1, 0.15) is 57.9 Å². The molecule has 3 nitrogen and oxygen atoms in total. The lowest BCUT2D eigenvalue weighted by Crippen LogP contribution is -2.04. The first-order valence-corrected chi connectivity index (χ1v) is 7.94. The number of unbranched alkanes of at least 4 members (excludes halogenated alkanes) is 2. The van der Waals surface area contributed by atoms with Gasteiger partial charge in [0.25, 0.3) is 0 Å². The van der Waals surface area contributed by atoms with Crippen molar-refractivity contribution in [3.8, 4) is 5.75 Å². The zero-order valence-electron chi connectivity index (χ0n) is 13.6. The van der Waals surface area contributed by atoms with Crippen LogP contribution in [-0.2, 0) is 16.1 Å². The summed E-state index contributed by atoms with van der Waals surface area (Å²) in [7, 11) is 1.64. The van der Waals surface area contributed by atoms with Gasteiger partial charge in [-0.1, -0.05) is 51.7 Å². The van der Waals surface area contributed by atoms with Gasteiger partial charge in [0.1, 0.15) is 12.4 Å². The van der Waals surface area contributed by atoms with E-state index < -0.39 is 0 Å². The van der Waals surface area contributed by atoms with E-state index in [0.29, 0.717) is 13.0 Å². The van der Waals surface area contributed by atoms with Crippen LogP contribution in [0.25, 0.3) is 0 Å². The second kappa shape index (κ2) is 10.3. The maximum atomic E-state index is 11.6. The molecule has 0 saturated heterocycles. The van der Waals surface area contributed by atoms with Gasteiger partial charge in [0, 0.05) is 6.42 Å².